The molecule has 0 atom stereocenters. The molecule has 0 spiro atoms. The van der Waals surface area contributed by atoms with E-state index in [1.54, 1.807) is 31.4 Å². The van der Waals surface area contributed by atoms with Gasteiger partial charge in [-0.15, -0.1) is 5.10 Å². The van der Waals surface area contributed by atoms with Crippen LogP contribution < -0.4 is 4.74 Å². The van der Waals surface area contributed by atoms with Crippen LogP contribution in [0.25, 0.3) is 5.69 Å². The van der Waals surface area contributed by atoms with Gasteiger partial charge in [-0.2, -0.15) is 4.68 Å². The molecule has 29 heavy (non-hydrogen) atoms. The molecule has 2 heterocycles. The number of hydrogen-bond acceptors (Lipinski definition) is 6. The summed E-state index contributed by atoms with van der Waals surface area (Å²) in [4.78, 5) is 16.8. The SMILES string of the molecule is COc1cccc(C(=O)N2CCN(Cc3nnnn3-c3cccc(F)c3)CC2)c1. The monoisotopic (exact) mass is 396 g/mol. The summed E-state index contributed by atoms with van der Waals surface area (Å²) in [7, 11) is 1.58. The number of carbonyl (C=O) groups is 1. The van der Waals surface area contributed by atoms with Crippen LogP contribution in [0, 0.1) is 5.82 Å². The number of methoxy groups -OCH3 is 1. The lowest BCUT2D eigenvalue weighted by molar-refractivity contribution is 0.0624. The van der Waals surface area contributed by atoms with Crippen molar-refractivity contribution >= 4 is 5.91 Å². The van der Waals surface area contributed by atoms with Crippen molar-refractivity contribution in [2.24, 2.45) is 0 Å². The molecule has 2 aromatic carbocycles. The molecule has 1 aromatic heterocycles. The highest BCUT2D eigenvalue weighted by atomic mass is 19.1. The van der Waals surface area contributed by atoms with E-state index in [-0.39, 0.29) is 11.7 Å². The maximum absolute atomic E-state index is 13.5. The highest BCUT2D eigenvalue weighted by Crippen LogP contribution is 2.17. The normalized spacial score (nSPS) is 14.8. The van der Waals surface area contributed by atoms with Crippen molar-refractivity contribution in [1.82, 2.24) is 30.0 Å². The zero-order valence-electron chi connectivity index (χ0n) is 16.0. The highest BCUT2D eigenvalue weighted by molar-refractivity contribution is 5.94. The van der Waals surface area contributed by atoms with Gasteiger partial charge in [-0.1, -0.05) is 12.1 Å². The van der Waals surface area contributed by atoms with E-state index in [2.05, 4.69) is 20.4 Å². The zero-order chi connectivity index (χ0) is 20.2. The maximum atomic E-state index is 13.5. The van der Waals surface area contributed by atoms with Crippen LogP contribution in [-0.4, -0.2) is 69.2 Å². The molecule has 8 nitrogen and oxygen atoms in total. The van der Waals surface area contributed by atoms with Gasteiger partial charge in [0, 0.05) is 31.7 Å². The summed E-state index contributed by atoms with van der Waals surface area (Å²) in [6.45, 7) is 3.14. The third-order valence-electron chi connectivity index (χ3n) is 4.93. The fraction of sp³-hybridized carbons (Fsp3) is 0.300. The number of tetrazole rings is 1. The van der Waals surface area contributed by atoms with E-state index >= 15 is 0 Å². The number of hydrogen-bond donors (Lipinski definition) is 0. The van der Waals surface area contributed by atoms with E-state index in [1.165, 1.54) is 16.8 Å². The van der Waals surface area contributed by atoms with Gasteiger partial charge >= 0.3 is 0 Å². The molecule has 0 aliphatic carbocycles. The number of aromatic nitrogens is 4. The molecule has 1 aliphatic heterocycles. The van der Waals surface area contributed by atoms with E-state index in [0.29, 0.717) is 55.5 Å². The fourth-order valence-corrected chi connectivity index (χ4v) is 3.36. The first kappa shape index (κ1) is 19.0. The van der Waals surface area contributed by atoms with Gasteiger partial charge in [0.15, 0.2) is 5.82 Å². The lowest BCUT2D eigenvalue weighted by Gasteiger charge is -2.34. The molecule has 1 aliphatic rings. The Balaban J connectivity index is 1.38. The molecular formula is C20H21FN6O2. The van der Waals surface area contributed by atoms with Crippen molar-refractivity contribution in [1.29, 1.82) is 0 Å². The third kappa shape index (κ3) is 4.24. The van der Waals surface area contributed by atoms with Gasteiger partial charge in [0.1, 0.15) is 11.6 Å². The number of nitrogens with zero attached hydrogens (tertiary/aromatic N) is 6. The molecule has 4 rings (SSSR count). The van der Waals surface area contributed by atoms with Crippen LogP contribution in [0.5, 0.6) is 5.75 Å². The molecule has 3 aromatic rings. The zero-order valence-corrected chi connectivity index (χ0v) is 16.0. The third-order valence-corrected chi connectivity index (χ3v) is 4.93. The number of benzene rings is 2. The first-order valence-electron chi connectivity index (χ1n) is 9.33. The van der Waals surface area contributed by atoms with Crippen molar-refractivity contribution in [2.45, 2.75) is 6.54 Å². The summed E-state index contributed by atoms with van der Waals surface area (Å²) in [5.41, 5.74) is 1.20. The van der Waals surface area contributed by atoms with Gasteiger partial charge in [-0.05, 0) is 46.8 Å². The average Bonchev–Trinajstić information content (AvgIpc) is 3.22. The van der Waals surface area contributed by atoms with Gasteiger partial charge < -0.3 is 9.64 Å². The van der Waals surface area contributed by atoms with Crippen molar-refractivity contribution in [3.05, 3.63) is 65.7 Å². The summed E-state index contributed by atoms with van der Waals surface area (Å²) < 4.78 is 20.3. The Bertz CT molecular complexity index is 1000. The van der Waals surface area contributed by atoms with Gasteiger partial charge in [-0.25, -0.2) is 4.39 Å². The number of amides is 1. The van der Waals surface area contributed by atoms with Crippen LogP contribution in [-0.2, 0) is 6.54 Å². The molecule has 0 bridgehead atoms. The Morgan fingerprint density at radius 3 is 2.66 bits per heavy atom. The Hall–Kier alpha value is -3.33. The minimum absolute atomic E-state index is 0.00635. The summed E-state index contributed by atoms with van der Waals surface area (Å²) in [5, 5.41) is 11.8. The number of rotatable bonds is 5. The number of ether oxygens (including phenoxy) is 1. The van der Waals surface area contributed by atoms with Crippen LogP contribution in [0.2, 0.25) is 0 Å². The molecule has 0 radical (unpaired) electrons. The first-order valence-corrected chi connectivity index (χ1v) is 9.33. The summed E-state index contributed by atoms with van der Waals surface area (Å²) in [6.07, 6.45) is 0. The summed E-state index contributed by atoms with van der Waals surface area (Å²) in [5.74, 6) is 0.948. The molecule has 0 N–H and O–H groups in total. The standard InChI is InChI=1S/C20H21FN6O2/c1-29-18-7-2-4-15(12-18)20(28)26-10-8-25(9-11-26)14-19-22-23-24-27(19)17-6-3-5-16(21)13-17/h2-7,12-13H,8-11,14H2,1H3. The molecule has 9 heteroatoms. The number of piperazine rings is 1. The summed E-state index contributed by atoms with van der Waals surface area (Å²) in [6, 6.07) is 13.3. The Kier molecular flexibility index (Phi) is 5.48. The van der Waals surface area contributed by atoms with Crippen LogP contribution in [0.3, 0.4) is 0 Å². The van der Waals surface area contributed by atoms with E-state index in [0.717, 1.165) is 0 Å². The van der Waals surface area contributed by atoms with Crippen LogP contribution in [0.15, 0.2) is 48.5 Å². The van der Waals surface area contributed by atoms with E-state index in [9.17, 15) is 9.18 Å². The van der Waals surface area contributed by atoms with Gasteiger partial charge in [0.2, 0.25) is 0 Å². The van der Waals surface area contributed by atoms with Crippen molar-refractivity contribution in [2.75, 3.05) is 33.3 Å². The molecule has 0 unspecified atom stereocenters. The maximum Gasteiger partial charge on any atom is 0.254 e. The second kappa shape index (κ2) is 8.36. The van der Waals surface area contributed by atoms with E-state index in [4.69, 9.17) is 4.74 Å². The molecule has 1 fully saturated rings. The van der Waals surface area contributed by atoms with Crippen molar-refractivity contribution < 1.29 is 13.9 Å². The average molecular weight is 396 g/mol. The van der Waals surface area contributed by atoms with Crippen molar-refractivity contribution in [3.8, 4) is 11.4 Å². The van der Waals surface area contributed by atoms with Crippen LogP contribution >= 0.6 is 0 Å². The molecular weight excluding hydrogens is 375 g/mol. The minimum Gasteiger partial charge on any atom is -0.497 e. The second-order valence-electron chi connectivity index (χ2n) is 6.79. The molecule has 0 saturated carbocycles. The van der Waals surface area contributed by atoms with Gasteiger partial charge in [0.05, 0.1) is 19.3 Å². The highest BCUT2D eigenvalue weighted by Gasteiger charge is 2.24. The van der Waals surface area contributed by atoms with E-state index in [1.807, 2.05) is 17.0 Å². The lowest BCUT2D eigenvalue weighted by Crippen LogP contribution is -2.48. The second-order valence-corrected chi connectivity index (χ2v) is 6.79. The van der Waals surface area contributed by atoms with Crippen LogP contribution in [0.1, 0.15) is 16.2 Å². The molecule has 150 valence electrons. The fourth-order valence-electron chi connectivity index (χ4n) is 3.36. The Morgan fingerprint density at radius 1 is 1.10 bits per heavy atom. The Labute approximate surface area is 167 Å². The smallest absolute Gasteiger partial charge is 0.254 e. The quantitative estimate of drug-likeness (QED) is 0.654. The van der Waals surface area contributed by atoms with Crippen molar-refractivity contribution in [3.63, 3.8) is 0 Å². The predicted octanol–water partition coefficient (Wildman–Crippen LogP) is 1.77. The summed E-state index contributed by atoms with van der Waals surface area (Å²) >= 11 is 0. The first-order chi connectivity index (χ1) is 14.1. The molecule has 1 amide bonds. The number of carbonyl (C=O) groups excluding carboxylic acids is 1. The lowest BCUT2D eigenvalue weighted by atomic mass is 10.1. The largest absolute Gasteiger partial charge is 0.497 e. The van der Waals surface area contributed by atoms with Gasteiger partial charge in [-0.3, -0.25) is 9.69 Å². The Morgan fingerprint density at radius 2 is 1.90 bits per heavy atom. The number of halogens is 1. The topological polar surface area (TPSA) is 76.4 Å². The molecule has 1 saturated heterocycles. The predicted molar refractivity (Wildman–Crippen MR) is 103 cm³/mol. The van der Waals surface area contributed by atoms with Gasteiger partial charge in [0.25, 0.3) is 5.91 Å². The minimum atomic E-state index is -0.339. The van der Waals surface area contributed by atoms with Crippen LogP contribution in [0.4, 0.5) is 4.39 Å². The van der Waals surface area contributed by atoms with E-state index < -0.39 is 0 Å².